The number of hydrogen-bond acceptors (Lipinski definition) is 2. The number of para-hydroxylation sites is 1. The van der Waals surface area contributed by atoms with Crippen molar-refractivity contribution in [3.05, 3.63) is 29.3 Å². The predicted molar refractivity (Wildman–Crippen MR) is 77.2 cm³/mol. The molecule has 0 heterocycles. The maximum Gasteiger partial charge on any atom is 0.226 e. The van der Waals surface area contributed by atoms with E-state index in [-0.39, 0.29) is 12.5 Å². The number of nitrogens with one attached hydrogen (secondary N) is 1. The zero-order valence-electron chi connectivity index (χ0n) is 11.4. The van der Waals surface area contributed by atoms with Crippen LogP contribution in [0.1, 0.15) is 20.8 Å². The molecule has 0 radical (unpaired) electrons. The highest BCUT2D eigenvalue weighted by atomic mass is 35.5. The van der Waals surface area contributed by atoms with Crippen LogP contribution in [0.4, 0.5) is 0 Å². The molecular formula is C15H18ClNO2. The van der Waals surface area contributed by atoms with Gasteiger partial charge in [0.15, 0.2) is 0 Å². The molecule has 0 unspecified atom stereocenters. The smallest absolute Gasteiger partial charge is 0.226 e. The molecule has 19 heavy (non-hydrogen) atoms. The average Bonchev–Trinajstić information content (AvgIpc) is 2.34. The first-order valence-corrected chi connectivity index (χ1v) is 6.40. The molecule has 0 atom stereocenters. The fourth-order valence-electron chi connectivity index (χ4n) is 1.18. The monoisotopic (exact) mass is 279 g/mol. The first kappa shape index (κ1) is 15.4. The molecule has 0 saturated heterocycles. The number of amides is 1. The molecule has 3 nitrogen and oxygen atoms in total. The molecule has 0 bridgehead atoms. The van der Waals surface area contributed by atoms with E-state index in [0.29, 0.717) is 17.3 Å². The Labute approximate surface area is 119 Å². The van der Waals surface area contributed by atoms with Gasteiger partial charge in [-0.15, -0.1) is 0 Å². The molecule has 1 amide bonds. The van der Waals surface area contributed by atoms with Crippen molar-refractivity contribution in [2.24, 2.45) is 5.41 Å². The minimum absolute atomic E-state index is 0.0196. The number of halogens is 1. The molecule has 1 N–H and O–H groups in total. The van der Waals surface area contributed by atoms with Crippen molar-refractivity contribution >= 4 is 17.5 Å². The summed E-state index contributed by atoms with van der Waals surface area (Å²) < 4.78 is 5.39. The second-order valence-corrected chi connectivity index (χ2v) is 5.41. The number of carbonyl (C=O) groups excluding carboxylic acids is 1. The van der Waals surface area contributed by atoms with Crippen molar-refractivity contribution in [1.29, 1.82) is 0 Å². The second-order valence-electron chi connectivity index (χ2n) is 5.01. The lowest BCUT2D eigenvalue weighted by Crippen LogP contribution is -2.34. The van der Waals surface area contributed by atoms with Gasteiger partial charge in [0.05, 0.1) is 11.6 Å². The highest BCUT2D eigenvalue weighted by Gasteiger charge is 2.19. The van der Waals surface area contributed by atoms with E-state index in [0.717, 1.165) is 0 Å². The Hall–Kier alpha value is -1.66. The van der Waals surface area contributed by atoms with E-state index in [9.17, 15) is 4.79 Å². The fourth-order valence-corrected chi connectivity index (χ4v) is 1.37. The number of hydrogen-bond donors (Lipinski definition) is 1. The Balaban J connectivity index is 2.30. The van der Waals surface area contributed by atoms with Crippen LogP contribution in [0.25, 0.3) is 0 Å². The van der Waals surface area contributed by atoms with Crippen molar-refractivity contribution < 1.29 is 9.53 Å². The minimum atomic E-state index is -0.393. The van der Waals surface area contributed by atoms with Gasteiger partial charge in [0, 0.05) is 5.41 Å². The summed E-state index contributed by atoms with van der Waals surface area (Å²) in [5.41, 5.74) is -0.393. The maximum atomic E-state index is 11.5. The Kier molecular flexibility index (Phi) is 5.72. The summed E-state index contributed by atoms with van der Waals surface area (Å²) in [7, 11) is 0. The largest absolute Gasteiger partial charge is 0.479 e. The predicted octanol–water partition coefficient (Wildman–Crippen LogP) is 2.88. The quantitative estimate of drug-likeness (QED) is 0.864. The average molecular weight is 280 g/mol. The standard InChI is InChI=1S/C15H18ClNO2/c1-15(2,3)14(18)17-10-6-7-11-19-13-9-5-4-8-12(13)16/h4-5,8-9H,10-11H2,1-3H3,(H,17,18). The summed E-state index contributed by atoms with van der Waals surface area (Å²) in [5.74, 6) is 6.24. The zero-order chi connectivity index (χ0) is 14.3. The molecule has 0 fully saturated rings. The highest BCUT2D eigenvalue weighted by molar-refractivity contribution is 6.32. The van der Waals surface area contributed by atoms with Crippen molar-refractivity contribution in [3.63, 3.8) is 0 Å². The van der Waals surface area contributed by atoms with Crippen LogP contribution in [0.5, 0.6) is 5.75 Å². The van der Waals surface area contributed by atoms with Gasteiger partial charge in [-0.05, 0) is 12.1 Å². The van der Waals surface area contributed by atoms with E-state index < -0.39 is 5.41 Å². The van der Waals surface area contributed by atoms with Crippen LogP contribution in [0.3, 0.4) is 0 Å². The van der Waals surface area contributed by atoms with Crippen LogP contribution in [0, 0.1) is 17.3 Å². The van der Waals surface area contributed by atoms with Crippen molar-refractivity contribution in [2.75, 3.05) is 13.2 Å². The molecule has 0 saturated carbocycles. The zero-order valence-corrected chi connectivity index (χ0v) is 12.2. The van der Waals surface area contributed by atoms with Gasteiger partial charge in [-0.25, -0.2) is 0 Å². The topological polar surface area (TPSA) is 38.3 Å². The van der Waals surface area contributed by atoms with E-state index in [4.69, 9.17) is 16.3 Å². The van der Waals surface area contributed by atoms with Gasteiger partial charge in [0.25, 0.3) is 0 Å². The molecular weight excluding hydrogens is 262 g/mol. The fraction of sp³-hybridized carbons (Fsp3) is 0.400. The van der Waals surface area contributed by atoms with E-state index >= 15 is 0 Å². The third-order valence-electron chi connectivity index (χ3n) is 2.28. The van der Waals surface area contributed by atoms with Crippen LogP contribution in [0.2, 0.25) is 5.02 Å². The molecule has 0 spiro atoms. The Morgan fingerprint density at radius 2 is 2.00 bits per heavy atom. The second kappa shape index (κ2) is 7.06. The molecule has 1 aromatic carbocycles. The third kappa shape index (κ3) is 5.67. The van der Waals surface area contributed by atoms with Crippen molar-refractivity contribution in [2.45, 2.75) is 20.8 Å². The van der Waals surface area contributed by atoms with Gasteiger partial charge < -0.3 is 10.1 Å². The molecule has 1 rings (SSSR count). The van der Waals surface area contributed by atoms with Crippen LogP contribution in [-0.4, -0.2) is 19.1 Å². The van der Waals surface area contributed by atoms with Crippen LogP contribution < -0.4 is 10.1 Å². The van der Waals surface area contributed by atoms with Gasteiger partial charge in [-0.3, -0.25) is 4.79 Å². The van der Waals surface area contributed by atoms with Gasteiger partial charge in [-0.1, -0.05) is 56.3 Å². The SMILES string of the molecule is CC(C)(C)C(=O)NCC#CCOc1ccccc1Cl. The number of rotatable bonds is 3. The van der Waals surface area contributed by atoms with Crippen LogP contribution in [0.15, 0.2) is 24.3 Å². The molecule has 0 aliphatic heterocycles. The van der Waals surface area contributed by atoms with Crippen molar-refractivity contribution in [1.82, 2.24) is 5.32 Å². The third-order valence-corrected chi connectivity index (χ3v) is 2.59. The minimum Gasteiger partial charge on any atom is -0.479 e. The van der Waals surface area contributed by atoms with E-state index in [1.165, 1.54) is 0 Å². The number of ether oxygens (including phenoxy) is 1. The van der Waals surface area contributed by atoms with Crippen LogP contribution >= 0.6 is 11.6 Å². The summed E-state index contributed by atoms with van der Waals surface area (Å²) in [4.78, 5) is 11.5. The van der Waals surface area contributed by atoms with Gasteiger partial charge in [-0.2, -0.15) is 0 Å². The Bertz CT molecular complexity index is 495. The summed E-state index contributed by atoms with van der Waals surface area (Å²) >= 11 is 5.93. The Morgan fingerprint density at radius 3 is 2.63 bits per heavy atom. The van der Waals surface area contributed by atoms with E-state index in [1.54, 1.807) is 12.1 Å². The molecule has 0 aliphatic carbocycles. The summed E-state index contributed by atoms with van der Waals surface area (Å²) in [6.07, 6.45) is 0. The molecule has 4 heteroatoms. The van der Waals surface area contributed by atoms with E-state index in [1.807, 2.05) is 32.9 Å². The number of benzene rings is 1. The highest BCUT2D eigenvalue weighted by Crippen LogP contribution is 2.22. The summed E-state index contributed by atoms with van der Waals surface area (Å²) in [5, 5.41) is 3.30. The molecule has 0 aliphatic rings. The lowest BCUT2D eigenvalue weighted by Gasteiger charge is -2.15. The lowest BCUT2D eigenvalue weighted by atomic mass is 9.96. The first-order chi connectivity index (χ1) is 8.91. The lowest BCUT2D eigenvalue weighted by molar-refractivity contribution is -0.128. The van der Waals surface area contributed by atoms with Crippen molar-refractivity contribution in [3.8, 4) is 17.6 Å². The van der Waals surface area contributed by atoms with Gasteiger partial charge in [0.1, 0.15) is 12.4 Å². The first-order valence-electron chi connectivity index (χ1n) is 6.02. The molecule has 0 aromatic heterocycles. The van der Waals surface area contributed by atoms with Crippen LogP contribution in [-0.2, 0) is 4.79 Å². The summed E-state index contributed by atoms with van der Waals surface area (Å²) in [6.45, 7) is 6.14. The molecule has 102 valence electrons. The van der Waals surface area contributed by atoms with E-state index in [2.05, 4.69) is 17.2 Å². The number of carbonyl (C=O) groups is 1. The maximum absolute atomic E-state index is 11.5. The Morgan fingerprint density at radius 1 is 1.32 bits per heavy atom. The van der Waals surface area contributed by atoms with Gasteiger partial charge in [0.2, 0.25) is 5.91 Å². The normalized spacial score (nSPS) is 10.3. The summed E-state index contributed by atoms with van der Waals surface area (Å²) in [6, 6.07) is 7.22. The van der Waals surface area contributed by atoms with Gasteiger partial charge >= 0.3 is 0 Å². The molecule has 1 aromatic rings.